The van der Waals surface area contributed by atoms with Crippen LogP contribution in [0.3, 0.4) is 0 Å². The van der Waals surface area contributed by atoms with Crippen LogP contribution in [0, 0.1) is 6.08 Å². The zero-order chi connectivity index (χ0) is 15.7. The van der Waals surface area contributed by atoms with E-state index in [2.05, 4.69) is 87.7 Å². The number of halogens is 2. The molecule has 0 aromatic heterocycles. The van der Waals surface area contributed by atoms with Gasteiger partial charge < -0.3 is 0 Å². The number of hydrogen-bond donors (Lipinski definition) is 0. The molecule has 0 nitrogen and oxygen atoms in total. The average molecular weight is 562 g/mol. The normalized spacial score (nSPS) is 11.2. The average Bonchev–Trinajstić information content (AvgIpc) is 3.10. The molecule has 0 heterocycles. The number of fused-ring (bicyclic) bond motifs is 1. The monoisotopic (exact) mass is 562 g/mol. The van der Waals surface area contributed by atoms with Crippen LogP contribution in [0.2, 0.25) is 26.2 Å². The second kappa shape index (κ2) is 16.7. The van der Waals surface area contributed by atoms with Gasteiger partial charge in [0.25, 0.3) is 0 Å². The molecule has 0 aliphatic heterocycles. The fraction of sp³-hybridized carbons (Fsp3) is 0.316. The molecule has 0 saturated heterocycles. The summed E-state index contributed by atoms with van der Waals surface area (Å²) in [6.07, 6.45) is 8.24. The predicted octanol–water partition coefficient (Wildman–Crippen LogP) is 6.67. The molecule has 24 heavy (non-hydrogen) atoms. The van der Waals surface area contributed by atoms with Gasteiger partial charge in [-0.15, -0.1) is 67.8 Å². The first kappa shape index (κ1) is 29.0. The fourth-order valence-corrected chi connectivity index (χ4v) is 1.57. The number of allylic oxidation sites excluding steroid dienone is 4. The molecule has 0 N–H and O–H groups in total. The first-order valence-corrected chi connectivity index (χ1v) is 13.4. The summed E-state index contributed by atoms with van der Waals surface area (Å²) in [5, 5.41) is 2.66. The Labute approximate surface area is 182 Å². The molecular weight excluding hydrogens is 534 g/mol. The molecule has 5 heteroatoms. The van der Waals surface area contributed by atoms with Crippen molar-refractivity contribution in [1.29, 1.82) is 0 Å². The Bertz CT molecular complexity index is 551. The van der Waals surface area contributed by atoms with E-state index >= 15 is 0 Å². The number of hydrogen-bond acceptors (Lipinski definition) is 0. The molecule has 132 valence electrons. The van der Waals surface area contributed by atoms with Crippen LogP contribution in [0.1, 0.15) is 13.3 Å². The standard InChI is InChI=1S/C9H7.C6H7.C4H12Si2.2ClH.Hf/c1-2-5-9-7-3-6-8(9)4-1;1-6-4-2-3-5-6;1-5(2)6(3)4;;;/h1-7H;4-5H,2H2,1H3;1-4H3;2*1H;/q2*-1;;;;. The SMILES string of the molecule is CC1=CC[C-]=C1.C[Si](C)[Si](C)C.Cl.Cl.[Hf].c1ccc2[cH-]ccc2c1. The summed E-state index contributed by atoms with van der Waals surface area (Å²) in [6.45, 7) is 11.6. The first-order chi connectivity index (χ1) is 10.0. The van der Waals surface area contributed by atoms with Gasteiger partial charge >= 0.3 is 0 Å². The Balaban J connectivity index is -0.000000268. The summed E-state index contributed by atoms with van der Waals surface area (Å²) < 4.78 is 0. The zero-order valence-electron chi connectivity index (χ0n) is 15.2. The van der Waals surface area contributed by atoms with Gasteiger partial charge in [0, 0.05) is 42.5 Å². The van der Waals surface area contributed by atoms with E-state index in [1.165, 1.54) is 16.3 Å². The molecule has 0 amide bonds. The molecule has 3 rings (SSSR count). The molecule has 0 spiro atoms. The van der Waals surface area contributed by atoms with Crippen molar-refractivity contribution in [3.05, 3.63) is 66.3 Å². The summed E-state index contributed by atoms with van der Waals surface area (Å²) in [7, 11) is 0.300. The molecule has 2 aromatic rings. The quantitative estimate of drug-likeness (QED) is 0.269. The van der Waals surface area contributed by atoms with Crippen LogP contribution >= 0.6 is 24.8 Å². The molecule has 0 saturated carbocycles. The maximum absolute atomic E-state index is 3.05. The maximum atomic E-state index is 3.05. The van der Waals surface area contributed by atoms with Crippen molar-refractivity contribution in [2.45, 2.75) is 39.5 Å². The molecule has 1 aliphatic rings. The zero-order valence-corrected chi connectivity index (χ0v) is 22.4. The predicted molar refractivity (Wildman–Crippen MR) is 115 cm³/mol. The molecule has 2 aromatic carbocycles. The number of rotatable bonds is 1. The van der Waals surface area contributed by atoms with E-state index in [-0.39, 0.29) is 67.3 Å². The van der Waals surface area contributed by atoms with Crippen molar-refractivity contribution in [1.82, 2.24) is 0 Å². The first-order valence-electron chi connectivity index (χ1n) is 7.45. The third-order valence-electron chi connectivity index (χ3n) is 3.42. The van der Waals surface area contributed by atoms with E-state index in [4.69, 9.17) is 0 Å². The second-order valence-electron chi connectivity index (χ2n) is 5.66. The molecule has 0 bridgehead atoms. The minimum Gasteiger partial charge on any atom is -0.273 e. The van der Waals surface area contributed by atoms with Gasteiger partial charge in [-0.3, -0.25) is 6.08 Å². The summed E-state index contributed by atoms with van der Waals surface area (Å²) in [5.41, 5.74) is 1.34. The van der Waals surface area contributed by atoms with E-state index in [0.29, 0.717) is 0 Å². The largest absolute Gasteiger partial charge is 0.273 e. The third-order valence-corrected chi connectivity index (χ3v) is 11.4. The second-order valence-corrected chi connectivity index (χ2v) is 15.7. The molecule has 1 aliphatic carbocycles. The molecule has 0 atom stereocenters. The smallest absolute Gasteiger partial charge is 0.0307 e. The van der Waals surface area contributed by atoms with Crippen molar-refractivity contribution >= 4 is 52.2 Å². The summed E-state index contributed by atoms with van der Waals surface area (Å²) in [4.78, 5) is 0. The molecule has 2 radical (unpaired) electrons. The topological polar surface area (TPSA) is 0 Å². The minimum atomic E-state index is 0. The molecular formula is C19H28Cl2HfSi2-2. The molecule has 0 fully saturated rings. The van der Waals surface area contributed by atoms with Gasteiger partial charge in [-0.25, -0.2) is 11.6 Å². The Morgan fingerprint density at radius 1 is 0.958 bits per heavy atom. The summed E-state index contributed by atoms with van der Waals surface area (Å²) in [6, 6.07) is 14.7. The van der Waals surface area contributed by atoms with Crippen molar-refractivity contribution in [2.24, 2.45) is 0 Å². The van der Waals surface area contributed by atoms with Crippen molar-refractivity contribution in [3.8, 4) is 0 Å². The van der Waals surface area contributed by atoms with Crippen LogP contribution in [0.5, 0.6) is 0 Å². The minimum absolute atomic E-state index is 0. The maximum Gasteiger partial charge on any atom is 0.0307 e. The van der Waals surface area contributed by atoms with Gasteiger partial charge in [0.05, 0.1) is 0 Å². The van der Waals surface area contributed by atoms with Gasteiger partial charge in [0.1, 0.15) is 0 Å². The van der Waals surface area contributed by atoms with E-state index in [0.717, 1.165) is 6.42 Å². The van der Waals surface area contributed by atoms with E-state index in [1.54, 1.807) is 0 Å². The van der Waals surface area contributed by atoms with Gasteiger partial charge in [-0.2, -0.15) is 23.6 Å². The van der Waals surface area contributed by atoms with E-state index < -0.39 is 0 Å². The summed E-state index contributed by atoms with van der Waals surface area (Å²) in [5.74, 6) is 0. The van der Waals surface area contributed by atoms with Crippen LogP contribution in [0.4, 0.5) is 0 Å². The van der Waals surface area contributed by atoms with Crippen LogP contribution in [-0.2, 0) is 25.8 Å². The Morgan fingerprint density at radius 3 is 1.92 bits per heavy atom. The Hall–Kier alpha value is 0.194. The van der Waals surface area contributed by atoms with Gasteiger partial charge in [-0.1, -0.05) is 32.3 Å². The fourth-order valence-electron chi connectivity index (χ4n) is 1.57. The van der Waals surface area contributed by atoms with Crippen molar-refractivity contribution < 1.29 is 25.8 Å². The van der Waals surface area contributed by atoms with E-state index in [1.807, 2.05) is 6.08 Å². The van der Waals surface area contributed by atoms with Crippen molar-refractivity contribution in [3.63, 3.8) is 0 Å². The van der Waals surface area contributed by atoms with E-state index in [9.17, 15) is 0 Å². The number of benzene rings is 1. The van der Waals surface area contributed by atoms with Gasteiger partial charge in [-0.05, 0) is 0 Å². The Kier molecular flexibility index (Phi) is 20.1. The Morgan fingerprint density at radius 2 is 1.54 bits per heavy atom. The van der Waals surface area contributed by atoms with Crippen LogP contribution in [0.15, 0.2) is 60.2 Å². The third kappa shape index (κ3) is 12.5. The van der Waals surface area contributed by atoms with Crippen LogP contribution in [-0.4, -0.2) is 16.6 Å². The van der Waals surface area contributed by atoms with Crippen LogP contribution in [0.25, 0.3) is 10.8 Å². The van der Waals surface area contributed by atoms with Crippen molar-refractivity contribution in [2.75, 3.05) is 0 Å². The van der Waals surface area contributed by atoms with Crippen LogP contribution < -0.4 is 0 Å². The molecule has 0 unspecified atom stereocenters. The van der Waals surface area contributed by atoms with Gasteiger partial charge in [0.2, 0.25) is 0 Å². The van der Waals surface area contributed by atoms with Gasteiger partial charge in [0.15, 0.2) is 0 Å². The summed E-state index contributed by atoms with van der Waals surface area (Å²) >= 11 is 0.